The first-order chi connectivity index (χ1) is 11.3. The second kappa shape index (κ2) is 5.53. The Bertz CT molecular complexity index is 1000. The van der Waals surface area contributed by atoms with Gasteiger partial charge < -0.3 is 4.98 Å². The number of hydrazone groups is 1. The normalized spacial score (nSPS) is 11.5. The summed E-state index contributed by atoms with van der Waals surface area (Å²) in [5.41, 5.74) is 6.93. The van der Waals surface area contributed by atoms with Gasteiger partial charge in [-0.1, -0.05) is 24.3 Å². The van der Waals surface area contributed by atoms with Crippen molar-refractivity contribution in [3.63, 3.8) is 0 Å². The summed E-state index contributed by atoms with van der Waals surface area (Å²) >= 11 is 0. The van der Waals surface area contributed by atoms with Gasteiger partial charge in [-0.25, -0.2) is 4.98 Å². The first kappa shape index (κ1) is 13.5. The lowest BCUT2D eigenvalue weighted by Gasteiger charge is -1.99. The van der Waals surface area contributed by atoms with Crippen LogP contribution in [0, 0.1) is 6.92 Å². The van der Waals surface area contributed by atoms with Gasteiger partial charge in [0, 0.05) is 17.0 Å². The molecule has 0 spiro atoms. The maximum Gasteiger partial charge on any atom is 0.148 e. The van der Waals surface area contributed by atoms with E-state index in [0.29, 0.717) is 5.82 Å². The Morgan fingerprint density at radius 3 is 2.87 bits per heavy atom. The zero-order valence-electron chi connectivity index (χ0n) is 12.6. The molecule has 0 saturated heterocycles. The molecule has 5 nitrogen and oxygen atoms in total. The number of hydrogen-bond donors (Lipinski definition) is 2. The summed E-state index contributed by atoms with van der Waals surface area (Å²) in [6.45, 7) is 2.09. The van der Waals surface area contributed by atoms with Crippen LogP contribution in [0.1, 0.15) is 11.3 Å². The van der Waals surface area contributed by atoms with Gasteiger partial charge in [0.25, 0.3) is 0 Å². The van der Waals surface area contributed by atoms with Crippen molar-refractivity contribution < 1.29 is 0 Å². The second-order valence-electron chi connectivity index (χ2n) is 5.34. The number of aromatic amines is 1. The van der Waals surface area contributed by atoms with Crippen molar-refractivity contribution in [1.82, 2.24) is 15.0 Å². The van der Waals surface area contributed by atoms with Gasteiger partial charge in [-0.15, -0.1) is 0 Å². The molecule has 0 aliphatic heterocycles. The van der Waals surface area contributed by atoms with Crippen LogP contribution in [0.2, 0.25) is 0 Å². The van der Waals surface area contributed by atoms with Crippen LogP contribution in [-0.4, -0.2) is 21.2 Å². The average Bonchev–Trinajstić information content (AvgIpc) is 2.95. The van der Waals surface area contributed by atoms with E-state index in [1.165, 1.54) is 10.9 Å². The molecule has 4 rings (SSSR count). The molecule has 0 radical (unpaired) electrons. The van der Waals surface area contributed by atoms with Crippen LogP contribution >= 0.6 is 0 Å². The van der Waals surface area contributed by atoms with Crippen LogP contribution in [0.25, 0.3) is 21.9 Å². The number of H-pyrrole nitrogens is 1. The molecule has 3 heterocycles. The molecule has 1 aromatic carbocycles. The average molecular weight is 301 g/mol. The van der Waals surface area contributed by atoms with E-state index < -0.39 is 0 Å². The number of aryl methyl sites for hydroxylation is 1. The molecule has 23 heavy (non-hydrogen) atoms. The van der Waals surface area contributed by atoms with E-state index in [2.05, 4.69) is 56.7 Å². The van der Waals surface area contributed by atoms with Crippen LogP contribution < -0.4 is 5.43 Å². The van der Waals surface area contributed by atoms with Gasteiger partial charge in [-0.05, 0) is 36.8 Å². The lowest BCUT2D eigenvalue weighted by molar-refractivity contribution is 1.23. The van der Waals surface area contributed by atoms with Crippen molar-refractivity contribution in [2.75, 3.05) is 5.43 Å². The van der Waals surface area contributed by atoms with E-state index in [1.807, 2.05) is 24.3 Å². The number of aromatic nitrogens is 3. The fraction of sp³-hybridized carbons (Fsp3) is 0.0556. The van der Waals surface area contributed by atoms with Crippen LogP contribution in [-0.2, 0) is 0 Å². The number of rotatable bonds is 3. The topological polar surface area (TPSA) is 66.0 Å². The quantitative estimate of drug-likeness (QED) is 0.446. The molecule has 3 aromatic heterocycles. The number of benzene rings is 1. The summed E-state index contributed by atoms with van der Waals surface area (Å²) in [7, 11) is 0. The third-order valence-electron chi connectivity index (χ3n) is 3.77. The van der Waals surface area contributed by atoms with Gasteiger partial charge in [-0.2, -0.15) is 5.10 Å². The molecule has 0 amide bonds. The molecule has 0 saturated carbocycles. The number of anilines is 1. The fourth-order valence-corrected chi connectivity index (χ4v) is 2.63. The largest absolute Gasteiger partial charge is 0.339 e. The lowest BCUT2D eigenvalue weighted by Crippen LogP contribution is -1.94. The van der Waals surface area contributed by atoms with Crippen LogP contribution in [0.3, 0.4) is 0 Å². The summed E-state index contributed by atoms with van der Waals surface area (Å²) in [6.07, 6.45) is 3.40. The predicted octanol–water partition coefficient (Wildman–Crippen LogP) is 3.87. The smallest absolute Gasteiger partial charge is 0.148 e. The van der Waals surface area contributed by atoms with Crippen molar-refractivity contribution in [3.8, 4) is 0 Å². The van der Waals surface area contributed by atoms with Gasteiger partial charge in [0.1, 0.15) is 11.5 Å². The minimum absolute atomic E-state index is 0.689. The molecule has 0 aliphatic rings. The maximum atomic E-state index is 4.58. The van der Waals surface area contributed by atoms with Gasteiger partial charge >= 0.3 is 0 Å². The van der Waals surface area contributed by atoms with Gasteiger partial charge in [0.15, 0.2) is 0 Å². The SMILES string of the molecule is Cc1cccc2c1[nH]c1nc(N/N=C\c3ccccn3)ccc12. The van der Waals surface area contributed by atoms with E-state index in [-0.39, 0.29) is 0 Å². The number of nitrogens with zero attached hydrogens (tertiary/aromatic N) is 3. The Kier molecular flexibility index (Phi) is 3.24. The van der Waals surface area contributed by atoms with Crippen LogP contribution in [0.15, 0.2) is 59.8 Å². The molecular weight excluding hydrogens is 286 g/mol. The summed E-state index contributed by atoms with van der Waals surface area (Å²) < 4.78 is 0. The summed E-state index contributed by atoms with van der Waals surface area (Å²) in [6, 6.07) is 15.9. The highest BCUT2D eigenvalue weighted by atomic mass is 15.3. The van der Waals surface area contributed by atoms with E-state index >= 15 is 0 Å². The third-order valence-corrected chi connectivity index (χ3v) is 3.77. The highest BCUT2D eigenvalue weighted by molar-refractivity contribution is 6.07. The van der Waals surface area contributed by atoms with E-state index in [9.17, 15) is 0 Å². The zero-order chi connectivity index (χ0) is 15.6. The summed E-state index contributed by atoms with van der Waals surface area (Å²) in [4.78, 5) is 12.1. The molecule has 4 aromatic rings. The van der Waals surface area contributed by atoms with Crippen molar-refractivity contribution >= 4 is 34.0 Å². The second-order valence-corrected chi connectivity index (χ2v) is 5.34. The number of pyridine rings is 2. The molecule has 2 N–H and O–H groups in total. The summed E-state index contributed by atoms with van der Waals surface area (Å²) in [5, 5.41) is 6.48. The van der Waals surface area contributed by atoms with Crippen molar-refractivity contribution in [1.29, 1.82) is 0 Å². The predicted molar refractivity (Wildman–Crippen MR) is 93.8 cm³/mol. The molecule has 0 atom stereocenters. The van der Waals surface area contributed by atoms with Crippen molar-refractivity contribution in [3.05, 3.63) is 66.0 Å². The molecule has 0 bridgehead atoms. The Hall–Kier alpha value is -3.21. The van der Waals surface area contributed by atoms with Crippen molar-refractivity contribution in [2.24, 2.45) is 5.10 Å². The molecule has 0 unspecified atom stereocenters. The number of fused-ring (bicyclic) bond motifs is 3. The fourth-order valence-electron chi connectivity index (χ4n) is 2.63. The highest BCUT2D eigenvalue weighted by Crippen LogP contribution is 2.27. The van der Waals surface area contributed by atoms with Gasteiger partial charge in [-0.3, -0.25) is 10.4 Å². The molecule has 5 heteroatoms. The monoisotopic (exact) mass is 301 g/mol. The Balaban J connectivity index is 1.65. The maximum absolute atomic E-state index is 4.58. The van der Waals surface area contributed by atoms with Gasteiger partial charge in [0.2, 0.25) is 0 Å². The van der Waals surface area contributed by atoms with E-state index in [4.69, 9.17) is 0 Å². The minimum atomic E-state index is 0.689. The highest BCUT2D eigenvalue weighted by Gasteiger charge is 2.07. The third kappa shape index (κ3) is 2.53. The zero-order valence-corrected chi connectivity index (χ0v) is 12.6. The van der Waals surface area contributed by atoms with E-state index in [1.54, 1.807) is 12.4 Å². The van der Waals surface area contributed by atoms with Gasteiger partial charge in [0.05, 0.1) is 17.4 Å². The number of nitrogens with one attached hydrogen (secondary N) is 2. The Morgan fingerprint density at radius 1 is 1.04 bits per heavy atom. The van der Waals surface area contributed by atoms with Crippen LogP contribution in [0.4, 0.5) is 5.82 Å². The molecule has 0 fully saturated rings. The molecule has 0 aliphatic carbocycles. The minimum Gasteiger partial charge on any atom is -0.339 e. The Labute approximate surface area is 133 Å². The lowest BCUT2D eigenvalue weighted by atomic mass is 10.1. The van der Waals surface area contributed by atoms with E-state index in [0.717, 1.165) is 22.2 Å². The number of para-hydroxylation sites is 1. The standard InChI is InChI=1S/C18H15N5/c1-12-5-4-7-14-15-8-9-16(21-18(15)22-17(12)14)23-20-11-13-6-2-3-10-19-13/h2-11H,1H3,(H2,21,22,23)/b20-11-. The number of hydrogen-bond acceptors (Lipinski definition) is 4. The first-order valence-electron chi connectivity index (χ1n) is 7.39. The first-order valence-corrected chi connectivity index (χ1v) is 7.39. The van der Waals surface area contributed by atoms with Crippen molar-refractivity contribution in [2.45, 2.75) is 6.92 Å². The molecule has 112 valence electrons. The Morgan fingerprint density at radius 2 is 2.00 bits per heavy atom. The molecular formula is C18H15N5. The van der Waals surface area contributed by atoms with Crippen LogP contribution in [0.5, 0.6) is 0 Å². The summed E-state index contributed by atoms with van der Waals surface area (Å²) in [5.74, 6) is 0.689.